The van der Waals surface area contributed by atoms with Crippen molar-refractivity contribution < 1.29 is 51.8 Å². The molecule has 0 aliphatic heterocycles. The quantitative estimate of drug-likeness (QED) is 0.341. The van der Waals surface area contributed by atoms with Crippen LogP contribution >= 0.6 is 0 Å². The third kappa shape index (κ3) is 475. The van der Waals surface area contributed by atoms with Crippen LogP contribution < -0.4 is 0 Å². The molecule has 0 N–H and O–H groups in total. The molecule has 0 aromatic rings. The number of hydrogen-bond acceptors (Lipinski definition) is 0. The van der Waals surface area contributed by atoms with Crippen molar-refractivity contribution in [3.05, 3.63) is 0 Å². The maximum atomic E-state index is 9.75. The second-order valence-electron chi connectivity index (χ2n) is 3.19. The summed E-state index contributed by atoms with van der Waals surface area (Å²) in [7, 11) is -18.0. The van der Waals surface area contributed by atoms with Crippen LogP contribution in [0.15, 0.2) is 0 Å². The summed E-state index contributed by atoms with van der Waals surface area (Å²) >= 11 is 1.11. The first-order valence-corrected chi connectivity index (χ1v) is 7.74. The van der Waals surface area contributed by atoms with Gasteiger partial charge in [0.05, 0.1) is 0 Å². The molecule has 0 aromatic heterocycles. The Bertz CT molecular complexity index is 150. The Kier molecular flexibility index (Phi) is 22.6. The van der Waals surface area contributed by atoms with Gasteiger partial charge in [0.15, 0.2) is 0 Å². The van der Waals surface area contributed by atoms with Crippen molar-refractivity contribution in [1.29, 1.82) is 0 Å². The van der Waals surface area contributed by atoms with Crippen molar-refractivity contribution >= 4 is 70.7 Å². The van der Waals surface area contributed by atoms with Crippen LogP contribution in [0.3, 0.4) is 0 Å². The summed E-state index contributed by atoms with van der Waals surface area (Å²) in [6.07, 6.45) is 4.34. The molecule has 0 nitrogen and oxygen atoms in total. The molecule has 0 atom stereocenters. The molecule has 0 heterocycles. The SMILES string of the molecule is CCCC[CH2][K].F[B-](F)(F)F.F[B-](F)(F)F.F[B-](F)(F)F. The molecule has 0 radical (unpaired) electrons. The van der Waals surface area contributed by atoms with E-state index in [0.29, 0.717) is 0 Å². The van der Waals surface area contributed by atoms with Crippen LogP contribution in [0.1, 0.15) is 26.2 Å². The van der Waals surface area contributed by atoms with Gasteiger partial charge in [-0.05, 0) is 0 Å². The normalized spacial score (nSPS) is 11.2. The van der Waals surface area contributed by atoms with E-state index in [9.17, 15) is 51.8 Å². The van der Waals surface area contributed by atoms with E-state index in [1.165, 1.54) is 19.3 Å². The summed E-state index contributed by atoms with van der Waals surface area (Å²) < 4.78 is 119. The Balaban J connectivity index is -0.0000000921. The van der Waals surface area contributed by atoms with E-state index in [1.807, 2.05) is 0 Å². The molecule has 0 spiro atoms. The van der Waals surface area contributed by atoms with Gasteiger partial charge >= 0.3 is 97.4 Å². The van der Waals surface area contributed by atoms with Crippen LogP contribution in [0.25, 0.3) is 0 Å². The van der Waals surface area contributed by atoms with Gasteiger partial charge in [-0.1, -0.05) is 0 Å². The first kappa shape index (κ1) is 29.9. The van der Waals surface area contributed by atoms with E-state index in [2.05, 4.69) is 6.92 Å². The van der Waals surface area contributed by atoms with Crippen molar-refractivity contribution in [2.75, 3.05) is 0 Å². The minimum absolute atomic E-state index is 1.11. The predicted octanol–water partition coefficient (Wildman–Crippen LogP) is 5.66. The van der Waals surface area contributed by atoms with Crippen molar-refractivity contribution in [2.45, 2.75) is 26.7 Å². The van der Waals surface area contributed by atoms with Crippen LogP contribution in [0.4, 0.5) is 51.8 Å². The van der Waals surface area contributed by atoms with Gasteiger partial charge < -0.3 is 51.8 Å². The zero-order valence-electron chi connectivity index (χ0n) is 11.1. The van der Waals surface area contributed by atoms with Crippen LogP contribution in [-0.2, 0) is 0 Å². The molecule has 0 saturated carbocycles. The van der Waals surface area contributed by atoms with Crippen molar-refractivity contribution in [3.8, 4) is 0 Å². The van der Waals surface area contributed by atoms with Gasteiger partial charge in [-0.15, -0.1) is 0 Å². The molecule has 128 valence electrons. The first-order valence-electron chi connectivity index (χ1n) is 5.53. The van der Waals surface area contributed by atoms with E-state index in [4.69, 9.17) is 0 Å². The average molecular weight is 371 g/mol. The van der Waals surface area contributed by atoms with E-state index in [0.717, 1.165) is 49.0 Å². The Morgan fingerprint density at radius 2 is 0.762 bits per heavy atom. The van der Waals surface area contributed by atoms with Gasteiger partial charge in [0, 0.05) is 0 Å². The molecule has 0 amide bonds. The fraction of sp³-hybridized carbons (Fsp3) is 1.00. The number of hydrogen-bond donors (Lipinski definition) is 0. The molecular formula is C5H11B3F12K-3. The van der Waals surface area contributed by atoms with Crippen LogP contribution in [-0.4, -0.2) is 70.7 Å². The maximum Gasteiger partial charge on any atom is 0.673 e. The molecule has 0 saturated heterocycles. The summed E-state index contributed by atoms with van der Waals surface area (Å²) in [4.78, 5) is 0. The molecule has 0 aliphatic carbocycles. The Labute approximate surface area is 148 Å². The van der Waals surface area contributed by atoms with E-state index >= 15 is 0 Å². The van der Waals surface area contributed by atoms with Gasteiger partial charge in [-0.3, -0.25) is 0 Å². The summed E-state index contributed by atoms with van der Waals surface area (Å²) in [5.74, 6) is 0. The number of unbranched alkanes of at least 4 members (excludes halogenated alkanes) is 2. The zero-order valence-corrected chi connectivity index (χ0v) is 14.2. The Morgan fingerprint density at radius 3 is 0.810 bits per heavy atom. The standard InChI is InChI=1S/C5H11.3BF4.K/c1-3-5-4-2;3*2-1(3,4)5;/h1,3-5H2,2H3;;;;/q;3*-1;. The molecule has 0 bridgehead atoms. The van der Waals surface area contributed by atoms with E-state index < -0.39 is 21.8 Å². The minimum atomic E-state index is -6.00. The third-order valence-corrected chi connectivity index (χ3v) is 2.06. The second-order valence-corrected chi connectivity index (χ2v) is 4.75. The summed E-state index contributed by atoms with van der Waals surface area (Å²) in [6.45, 7) is 2.25. The zero-order chi connectivity index (χ0) is 18.3. The molecule has 0 aliphatic rings. The minimum Gasteiger partial charge on any atom is -0.418 e. The summed E-state index contributed by atoms with van der Waals surface area (Å²) in [5, 5.41) is 0. The third-order valence-electron chi connectivity index (χ3n) is 0.957. The molecule has 0 aromatic carbocycles. The second kappa shape index (κ2) is 15.9. The fourth-order valence-electron chi connectivity index (χ4n) is 0.500. The maximum absolute atomic E-state index is 9.75. The van der Waals surface area contributed by atoms with Crippen molar-refractivity contribution in [1.82, 2.24) is 0 Å². The monoisotopic (exact) mass is 371 g/mol. The predicted molar refractivity (Wildman–Crippen MR) is 60.6 cm³/mol. The Hall–Kier alpha value is 0.991. The smallest absolute Gasteiger partial charge is 0.418 e. The van der Waals surface area contributed by atoms with Crippen molar-refractivity contribution in [2.24, 2.45) is 0 Å². The number of halogens is 12. The van der Waals surface area contributed by atoms with Crippen LogP contribution in [0.2, 0.25) is 0.515 Å². The first-order chi connectivity index (χ1) is 8.91. The van der Waals surface area contributed by atoms with E-state index in [1.54, 1.807) is 0.515 Å². The fourth-order valence-corrected chi connectivity index (χ4v) is 1.28. The molecule has 0 unspecified atom stereocenters. The van der Waals surface area contributed by atoms with Crippen LogP contribution in [0.5, 0.6) is 0 Å². The molecule has 0 fully saturated rings. The molecule has 21 heavy (non-hydrogen) atoms. The molecule has 0 rings (SSSR count). The van der Waals surface area contributed by atoms with Crippen LogP contribution in [0, 0.1) is 0 Å². The number of rotatable bonds is 3. The summed E-state index contributed by atoms with van der Waals surface area (Å²) in [6, 6.07) is 0. The Morgan fingerprint density at radius 1 is 0.571 bits per heavy atom. The summed E-state index contributed by atoms with van der Waals surface area (Å²) in [5.41, 5.74) is 0. The van der Waals surface area contributed by atoms with Gasteiger partial charge in [-0.25, -0.2) is 0 Å². The average Bonchev–Trinajstić information content (AvgIpc) is 2.06. The molecular weight excluding hydrogens is 360 g/mol. The van der Waals surface area contributed by atoms with Gasteiger partial charge in [0.1, 0.15) is 0 Å². The largest absolute Gasteiger partial charge is 0.673 e. The topological polar surface area (TPSA) is 0 Å². The molecule has 16 heteroatoms. The van der Waals surface area contributed by atoms with Gasteiger partial charge in [0.2, 0.25) is 0 Å². The van der Waals surface area contributed by atoms with Gasteiger partial charge in [-0.2, -0.15) is 0 Å². The van der Waals surface area contributed by atoms with Crippen molar-refractivity contribution in [3.63, 3.8) is 0 Å². The van der Waals surface area contributed by atoms with Gasteiger partial charge in [0.25, 0.3) is 0 Å². The van der Waals surface area contributed by atoms with E-state index in [-0.39, 0.29) is 0 Å².